The van der Waals surface area contributed by atoms with Crippen LogP contribution in [-0.4, -0.2) is 208 Å². The van der Waals surface area contributed by atoms with Crippen molar-refractivity contribution in [3.8, 4) is 23.1 Å². The number of carbonyl (C=O) groups excluding carboxylic acids is 2. The largest absolute Gasteiger partial charge is 0.489 e. The minimum atomic E-state index is -0.218. The Morgan fingerprint density at radius 1 is 0.285 bits per heavy atom. The maximum atomic E-state index is 12.8. The first kappa shape index (κ1) is 114. The van der Waals surface area contributed by atoms with Gasteiger partial charge in [0.15, 0.2) is 0 Å². The minimum absolute atomic E-state index is 0.0249. The molecule has 1 amide bonds. The maximum Gasteiger partial charge on any atom is 0.410 e. The van der Waals surface area contributed by atoms with E-state index in [1.165, 1.54) is 32.7 Å². The van der Waals surface area contributed by atoms with Gasteiger partial charge in [0.2, 0.25) is 5.88 Å². The Morgan fingerprint density at radius 3 is 1.06 bits per heavy atom. The van der Waals surface area contributed by atoms with Crippen molar-refractivity contribution in [3.63, 3.8) is 0 Å². The Kier molecular flexibility index (Phi) is 35.5. The molecule has 0 saturated carbocycles. The fraction of sp³-hybridized carbons (Fsp3) is 0.591. The highest BCUT2D eigenvalue weighted by Gasteiger charge is 2.52. The Hall–Kier alpha value is -9.20. The van der Waals surface area contributed by atoms with Crippen molar-refractivity contribution >= 4 is 55.3 Å². The second kappa shape index (κ2) is 45.1. The summed E-state index contributed by atoms with van der Waals surface area (Å²) in [5.74, 6) is 3.47. The van der Waals surface area contributed by atoms with Gasteiger partial charge in [-0.05, 0) is 256 Å². The highest BCUT2D eigenvalue weighted by atomic mass is 16.6. The first-order valence-electron chi connectivity index (χ1n) is 54.0. The predicted molar refractivity (Wildman–Crippen MR) is 601 cm³/mol. The van der Waals surface area contributed by atoms with Crippen molar-refractivity contribution in [1.82, 2.24) is 44.3 Å². The van der Waals surface area contributed by atoms with Gasteiger partial charge in [0.25, 0.3) is 0 Å². The van der Waals surface area contributed by atoms with Gasteiger partial charge < -0.3 is 33.3 Å². The molecule has 9 aromatic carbocycles. The van der Waals surface area contributed by atoms with Crippen molar-refractivity contribution in [2.75, 3.05) is 45.8 Å². The Morgan fingerprint density at radius 2 is 0.625 bits per heavy atom. The molecule has 0 N–H and O–H groups in total. The normalized spacial score (nSPS) is 23.3. The number of likely N-dealkylation sites (tertiary alicyclic amines) is 6. The molecule has 10 aromatic rings. The molecule has 0 radical (unpaired) electrons. The van der Waals surface area contributed by atoms with Gasteiger partial charge in [0, 0.05) is 166 Å². The number of esters is 1. The maximum absolute atomic E-state index is 12.8. The number of carbonyl (C=O) groups is 2. The lowest BCUT2D eigenvalue weighted by atomic mass is 9.83. The average molecular weight is 1970 g/mol. The standard InChI is InChI=1S/C23H31NO2.C22H34N2O2.2C22H31NO.C20H29N3O.C18H29NO/c1-22(2,3)20-14-19(15-24(20)23(4,5)6)26-21(25)18-12-11-16-9-7-8-10-17(16)13-18;1-21(2,3)19-13-18(15-24(19)22(4,5)6)26-20(25)23-12-11-16-9-7-8-10-17(16)14-23;1-21(2,3)20-14-17(15-23(20)22(4,5)6)24-19-13-9-11-16-10-7-8-12-18(16)19;1-21(2,3)20-14-19(15-23(20)22(4,5)6)24-18-12-11-16-9-7-8-10-17(16)13-18;1-19(2,3)17-11-14(12-23(17)20(4,5)6)24-18-15-9-7-8-10-16(15)21-13-22-18;1-17(2,3)16-12-15(13-19(16)18(4,5)6)20-14-10-8-7-9-11-14/h7-13,19-20H,14-15H2,1-6H3;7-10,18-19H,11-15H2,1-6H3;7-13,17,20H,14-15H2,1-6H3;7-13,19-20H,14-15H2,1-6H3;7-10,13-14,17H,11-12H2,1-6H3;7-11,15-16H,12-13H2,1-6H3. The molecule has 6 saturated heterocycles. The van der Waals surface area contributed by atoms with E-state index in [1.54, 1.807) is 6.33 Å². The molecule has 6 fully saturated rings. The fourth-order valence-corrected chi connectivity index (χ4v) is 22.9. The number of aromatic nitrogens is 2. The summed E-state index contributed by atoms with van der Waals surface area (Å²) in [5.41, 5.74) is 6.26. The van der Waals surface area contributed by atoms with Crippen LogP contribution in [0.4, 0.5) is 4.79 Å². The highest BCUT2D eigenvalue weighted by Crippen LogP contribution is 2.47. The van der Waals surface area contributed by atoms with Gasteiger partial charge in [-0.2, -0.15) is 0 Å². The summed E-state index contributed by atoms with van der Waals surface area (Å²) in [6, 6.07) is 73.1. The molecule has 144 heavy (non-hydrogen) atoms. The molecule has 0 bridgehead atoms. The van der Waals surface area contributed by atoms with E-state index in [1.807, 2.05) is 102 Å². The van der Waals surface area contributed by atoms with Crippen LogP contribution >= 0.6 is 0 Å². The quantitative estimate of drug-likeness (QED) is 0.113. The molecule has 7 aliphatic heterocycles. The summed E-state index contributed by atoms with van der Waals surface area (Å²) in [6.45, 7) is 89.7. The number of amides is 1. The second-order valence-electron chi connectivity index (χ2n) is 54.6. The van der Waals surface area contributed by atoms with Gasteiger partial charge >= 0.3 is 12.1 Å². The van der Waals surface area contributed by atoms with E-state index in [-0.39, 0.29) is 108 Å². The van der Waals surface area contributed by atoms with Crippen molar-refractivity contribution in [1.29, 1.82) is 0 Å². The van der Waals surface area contributed by atoms with E-state index in [2.05, 4.69) is 398 Å². The van der Waals surface area contributed by atoms with Gasteiger partial charge in [-0.3, -0.25) is 29.4 Å². The van der Waals surface area contributed by atoms with Gasteiger partial charge in [-0.15, -0.1) is 0 Å². The zero-order valence-electron chi connectivity index (χ0n) is 95.5. The van der Waals surface area contributed by atoms with E-state index >= 15 is 0 Å². The van der Waals surface area contributed by atoms with E-state index in [4.69, 9.17) is 28.4 Å². The van der Waals surface area contributed by atoms with Crippen LogP contribution in [0.15, 0.2) is 213 Å². The van der Waals surface area contributed by atoms with Crippen molar-refractivity contribution in [2.45, 2.75) is 407 Å². The third-order valence-corrected chi connectivity index (χ3v) is 30.6. The molecule has 12 atom stereocenters. The van der Waals surface area contributed by atoms with Crippen LogP contribution in [0, 0.1) is 32.5 Å². The molecular formula is C127H185N9O8. The number of rotatable bonds is 11. The summed E-state index contributed by atoms with van der Waals surface area (Å²) >= 11 is 0. The summed E-state index contributed by atoms with van der Waals surface area (Å²) in [6.07, 6.45) is 9.34. The Balaban J connectivity index is 0.000000154. The number of ether oxygens (including phenoxy) is 6. The molecule has 17 heteroatoms. The fourth-order valence-electron chi connectivity index (χ4n) is 22.9. The van der Waals surface area contributed by atoms with Crippen LogP contribution in [-0.2, 0) is 22.4 Å². The van der Waals surface area contributed by atoms with E-state index in [0.29, 0.717) is 60.3 Å². The number of nitrogens with zero attached hydrogens (tertiary/aromatic N) is 9. The van der Waals surface area contributed by atoms with E-state index in [0.717, 1.165) is 130 Å². The molecule has 1 aromatic heterocycles. The third-order valence-electron chi connectivity index (χ3n) is 30.6. The number of para-hydroxylation sites is 2. The van der Waals surface area contributed by atoms with Crippen LogP contribution in [0.3, 0.4) is 0 Å². The SMILES string of the molecule is CC(C)(C)C1CC(OC(=O)N2CCc3ccccc3C2)CN1C(C)(C)C.CC(C)(C)C1CC(OC(=O)c2ccc3ccccc3c2)CN1C(C)(C)C.CC(C)(C)C1CC(Oc2ccc3ccccc3c2)CN1C(C)(C)C.CC(C)(C)C1CC(Oc2cccc3ccccc23)CN1C(C)(C)C.CC(C)(C)C1CC(Oc2ccccc2)CN1C(C)(C)C.CC(C)(C)C1CC(Oc2ncnc3ccccc23)CN1C(C)(C)C. The van der Waals surface area contributed by atoms with Gasteiger partial charge in [0.1, 0.15) is 60.2 Å². The van der Waals surface area contributed by atoms with Crippen LogP contribution in [0.1, 0.15) is 309 Å². The molecule has 7 aliphatic rings. The monoisotopic (exact) mass is 1960 g/mol. The number of benzene rings is 9. The molecule has 17 rings (SSSR count). The number of fused-ring (bicyclic) bond motifs is 5. The molecular weight excluding hydrogens is 1780 g/mol. The lowest BCUT2D eigenvalue weighted by Gasteiger charge is -2.42. The highest BCUT2D eigenvalue weighted by molar-refractivity contribution is 5.95. The zero-order chi connectivity index (χ0) is 106. The molecule has 0 aliphatic carbocycles. The van der Waals surface area contributed by atoms with Gasteiger partial charge in [0.05, 0.1) is 16.5 Å². The van der Waals surface area contributed by atoms with Gasteiger partial charge in [-0.25, -0.2) is 19.6 Å². The lowest BCUT2D eigenvalue weighted by Crippen LogP contribution is -2.49. The van der Waals surface area contributed by atoms with Crippen molar-refractivity contribution in [3.05, 3.63) is 229 Å². The molecule has 17 nitrogen and oxygen atoms in total. The van der Waals surface area contributed by atoms with Gasteiger partial charge in [-0.1, -0.05) is 276 Å². The summed E-state index contributed by atoms with van der Waals surface area (Å²) in [7, 11) is 0. The average Bonchev–Trinajstić information content (AvgIpc) is 1.26. The summed E-state index contributed by atoms with van der Waals surface area (Å²) < 4.78 is 37.3. The lowest BCUT2D eigenvalue weighted by molar-refractivity contribution is 0.0278. The minimum Gasteiger partial charge on any atom is -0.489 e. The first-order valence-corrected chi connectivity index (χ1v) is 54.0. The van der Waals surface area contributed by atoms with Crippen molar-refractivity contribution in [2.24, 2.45) is 32.5 Å². The van der Waals surface area contributed by atoms with E-state index in [9.17, 15) is 9.59 Å². The predicted octanol–water partition coefficient (Wildman–Crippen LogP) is 29.4. The first-order chi connectivity index (χ1) is 66.7. The molecule has 0 spiro atoms. The second-order valence-corrected chi connectivity index (χ2v) is 54.6. The molecule has 8 heterocycles. The summed E-state index contributed by atoms with van der Waals surface area (Å²) in [5, 5.41) is 8.15. The molecule has 12 unspecified atom stereocenters. The van der Waals surface area contributed by atoms with Crippen molar-refractivity contribution < 1.29 is 38.0 Å². The molecule has 786 valence electrons. The van der Waals surface area contributed by atoms with Crippen LogP contribution in [0.2, 0.25) is 0 Å². The zero-order valence-corrected chi connectivity index (χ0v) is 95.5. The Labute approximate surface area is 869 Å². The van der Waals surface area contributed by atoms with E-state index < -0.39 is 0 Å². The third kappa shape index (κ3) is 30.1. The van der Waals surface area contributed by atoms with Crippen LogP contribution in [0.25, 0.3) is 43.2 Å². The number of hydrogen-bond acceptors (Lipinski definition) is 16. The van der Waals surface area contributed by atoms with Crippen LogP contribution in [0.5, 0.6) is 23.1 Å². The summed E-state index contributed by atoms with van der Waals surface area (Å²) in [4.78, 5) is 51.5. The smallest absolute Gasteiger partial charge is 0.410 e. The van der Waals surface area contributed by atoms with Crippen LogP contribution < -0.4 is 18.9 Å². The topological polar surface area (TPSA) is 138 Å². The number of hydrogen-bond donors (Lipinski definition) is 0. The Bertz CT molecular complexity index is 5570.